The second-order valence-corrected chi connectivity index (χ2v) is 4.29. The fraction of sp³-hybridized carbons (Fsp3) is 0.462. The van der Waals surface area contributed by atoms with Gasteiger partial charge in [-0.15, -0.1) is 0 Å². The standard InChI is InChI=1S/C13H17N3O/c1-2-14-9-12-13-10-5-3-4-6-11(10)15-16(13)7-8-17-12/h3-6,12,14H,2,7-9H2,1H3. The van der Waals surface area contributed by atoms with Crippen LogP contribution >= 0.6 is 0 Å². The van der Waals surface area contributed by atoms with E-state index in [0.29, 0.717) is 0 Å². The maximum atomic E-state index is 5.85. The van der Waals surface area contributed by atoms with Crippen LogP contribution in [-0.4, -0.2) is 29.5 Å². The summed E-state index contributed by atoms with van der Waals surface area (Å²) in [4.78, 5) is 0. The van der Waals surface area contributed by atoms with E-state index in [2.05, 4.69) is 40.2 Å². The first-order valence-corrected chi connectivity index (χ1v) is 6.18. The van der Waals surface area contributed by atoms with Crippen LogP contribution in [0.25, 0.3) is 10.9 Å². The number of hydrogen-bond donors (Lipinski definition) is 1. The van der Waals surface area contributed by atoms with Crippen molar-refractivity contribution in [3.05, 3.63) is 30.0 Å². The summed E-state index contributed by atoms with van der Waals surface area (Å²) in [5.41, 5.74) is 2.28. The van der Waals surface area contributed by atoms with Gasteiger partial charge >= 0.3 is 0 Å². The maximum absolute atomic E-state index is 5.85. The summed E-state index contributed by atoms with van der Waals surface area (Å²) in [6.45, 7) is 5.53. The number of benzene rings is 1. The monoisotopic (exact) mass is 231 g/mol. The Kier molecular flexibility index (Phi) is 2.82. The molecule has 1 aromatic heterocycles. The van der Waals surface area contributed by atoms with Crippen molar-refractivity contribution in [2.24, 2.45) is 0 Å². The molecule has 1 unspecified atom stereocenters. The molecule has 1 aromatic carbocycles. The molecule has 0 bridgehead atoms. The van der Waals surface area contributed by atoms with Gasteiger partial charge in [-0.3, -0.25) is 4.68 Å². The SMILES string of the molecule is CCNCC1OCCn2nc3ccccc3c21. The van der Waals surface area contributed by atoms with E-state index in [4.69, 9.17) is 4.74 Å². The Labute approximate surface area is 101 Å². The van der Waals surface area contributed by atoms with Gasteiger partial charge in [0, 0.05) is 11.9 Å². The Morgan fingerprint density at radius 2 is 2.35 bits per heavy atom. The summed E-state index contributed by atoms with van der Waals surface area (Å²) in [6.07, 6.45) is 0.121. The van der Waals surface area contributed by atoms with Crippen LogP contribution in [0, 0.1) is 0 Å². The number of ether oxygens (including phenoxy) is 1. The first-order valence-electron chi connectivity index (χ1n) is 6.18. The number of nitrogens with one attached hydrogen (secondary N) is 1. The van der Waals surface area contributed by atoms with Gasteiger partial charge in [-0.05, 0) is 12.6 Å². The van der Waals surface area contributed by atoms with Gasteiger partial charge in [-0.1, -0.05) is 25.1 Å². The zero-order valence-corrected chi connectivity index (χ0v) is 10.0. The fourth-order valence-corrected chi connectivity index (χ4v) is 2.40. The van der Waals surface area contributed by atoms with Crippen LogP contribution in [0.3, 0.4) is 0 Å². The number of hydrogen-bond acceptors (Lipinski definition) is 3. The van der Waals surface area contributed by atoms with E-state index in [0.717, 1.165) is 31.8 Å². The minimum absolute atomic E-state index is 0.121. The highest BCUT2D eigenvalue weighted by molar-refractivity contribution is 5.82. The smallest absolute Gasteiger partial charge is 0.112 e. The van der Waals surface area contributed by atoms with Crippen LogP contribution in [0.5, 0.6) is 0 Å². The molecule has 0 radical (unpaired) electrons. The van der Waals surface area contributed by atoms with Crippen molar-refractivity contribution in [1.29, 1.82) is 0 Å². The molecule has 0 amide bonds. The topological polar surface area (TPSA) is 39.1 Å². The molecule has 1 aliphatic rings. The third kappa shape index (κ3) is 1.83. The molecule has 0 aliphatic carbocycles. The highest BCUT2D eigenvalue weighted by Gasteiger charge is 2.24. The van der Waals surface area contributed by atoms with Gasteiger partial charge in [0.15, 0.2) is 0 Å². The number of fused-ring (bicyclic) bond motifs is 3. The molecule has 4 heteroatoms. The van der Waals surface area contributed by atoms with Crippen LogP contribution in [0.2, 0.25) is 0 Å². The van der Waals surface area contributed by atoms with Gasteiger partial charge in [-0.25, -0.2) is 0 Å². The number of likely N-dealkylation sites (N-methyl/N-ethyl adjacent to an activating group) is 1. The van der Waals surface area contributed by atoms with Crippen molar-refractivity contribution in [1.82, 2.24) is 15.1 Å². The number of nitrogens with zero attached hydrogens (tertiary/aromatic N) is 2. The second kappa shape index (κ2) is 4.47. The lowest BCUT2D eigenvalue weighted by atomic mass is 10.1. The van der Waals surface area contributed by atoms with Gasteiger partial charge in [0.25, 0.3) is 0 Å². The summed E-state index contributed by atoms with van der Waals surface area (Å²) < 4.78 is 7.94. The molecule has 2 aromatic rings. The van der Waals surface area contributed by atoms with Gasteiger partial charge < -0.3 is 10.1 Å². The van der Waals surface area contributed by atoms with Crippen LogP contribution in [0.1, 0.15) is 18.7 Å². The maximum Gasteiger partial charge on any atom is 0.112 e. The van der Waals surface area contributed by atoms with E-state index in [1.165, 1.54) is 11.1 Å². The Hall–Kier alpha value is -1.39. The van der Waals surface area contributed by atoms with Crippen molar-refractivity contribution in [2.75, 3.05) is 19.7 Å². The lowest BCUT2D eigenvalue weighted by Gasteiger charge is -2.24. The Balaban J connectivity index is 2.04. The fourth-order valence-electron chi connectivity index (χ4n) is 2.40. The van der Waals surface area contributed by atoms with E-state index in [1.807, 2.05) is 6.07 Å². The molecule has 90 valence electrons. The first kappa shape index (κ1) is 10.7. The number of rotatable bonds is 3. The molecule has 4 nitrogen and oxygen atoms in total. The predicted molar refractivity (Wildman–Crippen MR) is 67.0 cm³/mol. The molecule has 17 heavy (non-hydrogen) atoms. The summed E-state index contributed by atoms with van der Waals surface area (Å²) >= 11 is 0. The second-order valence-electron chi connectivity index (χ2n) is 4.29. The lowest BCUT2D eigenvalue weighted by molar-refractivity contribution is 0.0187. The quantitative estimate of drug-likeness (QED) is 0.874. The Bertz CT molecular complexity index is 520. The number of aromatic nitrogens is 2. The van der Waals surface area contributed by atoms with Crippen LogP contribution in [-0.2, 0) is 11.3 Å². The highest BCUT2D eigenvalue weighted by Crippen LogP contribution is 2.29. The van der Waals surface area contributed by atoms with Crippen LogP contribution in [0.15, 0.2) is 24.3 Å². The summed E-state index contributed by atoms with van der Waals surface area (Å²) in [7, 11) is 0. The lowest BCUT2D eigenvalue weighted by Crippen LogP contribution is -2.30. The highest BCUT2D eigenvalue weighted by atomic mass is 16.5. The van der Waals surface area contributed by atoms with Crippen molar-refractivity contribution in [3.63, 3.8) is 0 Å². The molecule has 0 saturated heterocycles. The molecular weight excluding hydrogens is 214 g/mol. The third-order valence-corrected chi connectivity index (χ3v) is 3.19. The van der Waals surface area contributed by atoms with Gasteiger partial charge in [0.2, 0.25) is 0 Å². The van der Waals surface area contributed by atoms with Crippen LogP contribution in [0.4, 0.5) is 0 Å². The van der Waals surface area contributed by atoms with Crippen LogP contribution < -0.4 is 5.32 Å². The third-order valence-electron chi connectivity index (χ3n) is 3.19. The molecule has 0 spiro atoms. The normalized spacial score (nSPS) is 19.5. The average molecular weight is 231 g/mol. The predicted octanol–water partition coefficient (Wildman–Crippen LogP) is 1.72. The van der Waals surface area contributed by atoms with E-state index in [1.54, 1.807) is 0 Å². The van der Waals surface area contributed by atoms with E-state index >= 15 is 0 Å². The minimum atomic E-state index is 0.121. The molecule has 2 heterocycles. The summed E-state index contributed by atoms with van der Waals surface area (Å²) in [6, 6.07) is 8.28. The molecule has 1 aliphatic heterocycles. The Morgan fingerprint density at radius 1 is 1.47 bits per heavy atom. The van der Waals surface area contributed by atoms with Gasteiger partial charge in [-0.2, -0.15) is 5.10 Å². The summed E-state index contributed by atoms with van der Waals surface area (Å²) in [5, 5.41) is 9.19. The van der Waals surface area contributed by atoms with Gasteiger partial charge in [0.1, 0.15) is 6.10 Å². The summed E-state index contributed by atoms with van der Waals surface area (Å²) in [5.74, 6) is 0. The minimum Gasteiger partial charge on any atom is -0.369 e. The molecule has 1 atom stereocenters. The van der Waals surface area contributed by atoms with Crippen molar-refractivity contribution >= 4 is 10.9 Å². The van der Waals surface area contributed by atoms with Crippen molar-refractivity contribution in [3.8, 4) is 0 Å². The van der Waals surface area contributed by atoms with E-state index in [-0.39, 0.29) is 6.10 Å². The zero-order chi connectivity index (χ0) is 11.7. The Morgan fingerprint density at radius 3 is 3.24 bits per heavy atom. The van der Waals surface area contributed by atoms with Crippen molar-refractivity contribution in [2.45, 2.75) is 19.6 Å². The largest absolute Gasteiger partial charge is 0.369 e. The van der Waals surface area contributed by atoms with E-state index < -0.39 is 0 Å². The molecule has 0 fully saturated rings. The molecule has 3 rings (SSSR count). The molecular formula is C13H17N3O. The van der Waals surface area contributed by atoms with E-state index in [9.17, 15) is 0 Å². The van der Waals surface area contributed by atoms with Crippen molar-refractivity contribution < 1.29 is 4.74 Å². The molecule has 0 saturated carbocycles. The molecule has 1 N–H and O–H groups in total. The van der Waals surface area contributed by atoms with Gasteiger partial charge in [0.05, 0.1) is 24.4 Å². The first-order chi connectivity index (χ1) is 8.40. The average Bonchev–Trinajstić information content (AvgIpc) is 2.75. The zero-order valence-electron chi connectivity index (χ0n) is 10.0.